The third kappa shape index (κ3) is 20.0. The summed E-state index contributed by atoms with van der Waals surface area (Å²) in [6.07, 6.45) is 13.2. The van der Waals surface area contributed by atoms with Gasteiger partial charge < -0.3 is 29.7 Å². The third-order valence-electron chi connectivity index (χ3n) is 15.0. The number of nitrogens with zero attached hydrogens (tertiary/aromatic N) is 2. The molecule has 3 aromatic rings. The lowest BCUT2D eigenvalue weighted by atomic mass is 9.79. The highest BCUT2D eigenvalue weighted by Gasteiger charge is 2.45. The van der Waals surface area contributed by atoms with E-state index in [-0.39, 0.29) is 28.5 Å². The number of unbranched alkanes of at least 4 members (excludes halogenated alkanes) is 3. The lowest BCUT2D eigenvalue weighted by molar-refractivity contribution is -0.438. The Balaban J connectivity index is 1.26. The minimum absolute atomic E-state index is 0.0818. The molecule has 85 heavy (non-hydrogen) atoms. The molecule has 0 saturated heterocycles. The van der Waals surface area contributed by atoms with E-state index in [2.05, 4.69) is 47.1 Å². The molecule has 3 aliphatic rings. The molecule has 6 rings (SSSR count). The lowest BCUT2D eigenvalue weighted by Gasteiger charge is -2.28. The number of aryl methyl sites for hydroxylation is 1. The highest BCUT2D eigenvalue weighted by Crippen LogP contribution is 2.49. The molecular formula is C60H83N4O17S4+. The van der Waals surface area contributed by atoms with Gasteiger partial charge in [0, 0.05) is 67.0 Å². The second-order valence-electron chi connectivity index (χ2n) is 23.5. The second-order valence-corrected chi connectivity index (χ2v) is 29.5. The summed E-state index contributed by atoms with van der Waals surface area (Å²) in [5.74, 6) is -0.945. The molecule has 25 heteroatoms. The van der Waals surface area contributed by atoms with Gasteiger partial charge in [-0.1, -0.05) is 50.3 Å². The zero-order valence-corrected chi connectivity index (χ0v) is 52.8. The molecule has 6 N–H and O–H groups in total. The summed E-state index contributed by atoms with van der Waals surface area (Å²) in [7, 11) is -17.6. The van der Waals surface area contributed by atoms with Crippen LogP contribution >= 0.6 is 0 Å². The number of fused-ring (bicyclic) bond motifs is 2. The summed E-state index contributed by atoms with van der Waals surface area (Å²) in [6, 6.07) is 17.1. The first kappa shape index (κ1) is 68.5. The first-order chi connectivity index (χ1) is 39.7. The lowest BCUT2D eigenvalue weighted by Crippen LogP contribution is -2.34. The molecular weight excluding hydrogens is 1180 g/mol. The van der Waals surface area contributed by atoms with Crippen molar-refractivity contribution in [3.05, 3.63) is 124 Å². The Morgan fingerprint density at radius 2 is 1.27 bits per heavy atom. The largest absolute Gasteiger partial charge is 0.444 e. The number of allylic oxidation sites excluding steroid dienone is 8. The van der Waals surface area contributed by atoms with Crippen molar-refractivity contribution in [1.29, 1.82) is 0 Å². The van der Waals surface area contributed by atoms with Gasteiger partial charge in [-0.3, -0.25) is 23.0 Å². The number of hydrogen-bond donors (Lipinski definition) is 6. The van der Waals surface area contributed by atoms with Gasteiger partial charge in [0.25, 0.3) is 40.5 Å². The van der Waals surface area contributed by atoms with E-state index >= 15 is 0 Å². The molecule has 0 bridgehead atoms. The van der Waals surface area contributed by atoms with E-state index in [0.717, 1.165) is 52.1 Å². The normalized spacial score (nSPS) is 17.3. The molecule has 21 nitrogen and oxygen atoms in total. The van der Waals surface area contributed by atoms with Crippen LogP contribution in [0.3, 0.4) is 0 Å². The first-order valence-corrected chi connectivity index (χ1v) is 34.6. The third-order valence-corrected chi connectivity index (χ3v) is 18.3. The minimum Gasteiger partial charge on any atom is -0.444 e. The second kappa shape index (κ2) is 28.9. The van der Waals surface area contributed by atoms with Gasteiger partial charge in [0.1, 0.15) is 12.1 Å². The Bertz CT molecular complexity index is 3540. The average Bonchev–Trinajstić information content (AvgIpc) is 1.66. The van der Waals surface area contributed by atoms with Crippen molar-refractivity contribution in [3.8, 4) is 0 Å². The fourth-order valence-corrected chi connectivity index (χ4v) is 13.0. The van der Waals surface area contributed by atoms with Crippen molar-refractivity contribution < 1.29 is 80.3 Å². The van der Waals surface area contributed by atoms with Crippen molar-refractivity contribution >= 4 is 75.1 Å². The van der Waals surface area contributed by atoms with E-state index in [9.17, 15) is 61.5 Å². The molecule has 468 valence electrons. The molecule has 0 unspecified atom stereocenters. The van der Waals surface area contributed by atoms with E-state index in [1.165, 1.54) is 24.3 Å². The maximum absolute atomic E-state index is 12.7. The molecule has 1 aliphatic carbocycles. The number of carbonyl (C=O) groups excluding carboxylic acids is 2. The Kier molecular flexibility index (Phi) is 23.3. The van der Waals surface area contributed by atoms with E-state index < -0.39 is 74.5 Å². The predicted molar refractivity (Wildman–Crippen MR) is 326 cm³/mol. The van der Waals surface area contributed by atoms with E-state index in [1.807, 2.05) is 49.3 Å². The number of amides is 2. The molecule has 2 aliphatic heterocycles. The molecule has 0 atom stereocenters. The van der Waals surface area contributed by atoms with Gasteiger partial charge in [-0.15, -0.1) is 0 Å². The van der Waals surface area contributed by atoms with Crippen LogP contribution in [0.1, 0.15) is 135 Å². The predicted octanol–water partition coefficient (Wildman–Crippen LogP) is 9.08. The molecule has 2 heterocycles. The molecule has 0 radical (unpaired) electrons. The monoisotopic (exact) mass is 1260 g/mol. The molecule has 0 spiro atoms. The fraction of sp³-hybridized carbons (Fsp3) is 0.517. The zero-order chi connectivity index (χ0) is 62.6. The summed E-state index contributed by atoms with van der Waals surface area (Å²) in [5.41, 5.74) is 6.92. The highest BCUT2D eigenvalue weighted by molar-refractivity contribution is 7.86. The summed E-state index contributed by atoms with van der Waals surface area (Å²) in [5, 5.41) is 5.51. The summed E-state index contributed by atoms with van der Waals surface area (Å²) in [4.78, 5) is 25.9. The van der Waals surface area contributed by atoms with Gasteiger partial charge in [-0.2, -0.15) is 38.2 Å². The summed E-state index contributed by atoms with van der Waals surface area (Å²) >= 11 is 0. The van der Waals surface area contributed by atoms with Crippen LogP contribution in [0.15, 0.2) is 112 Å². The Morgan fingerprint density at radius 3 is 1.88 bits per heavy atom. The minimum atomic E-state index is -4.56. The van der Waals surface area contributed by atoms with Crippen LogP contribution < -0.4 is 15.5 Å². The van der Waals surface area contributed by atoms with Crippen LogP contribution in [0.4, 0.5) is 16.2 Å². The number of rotatable bonds is 30. The number of ether oxygens (including phenoxy) is 3. The maximum Gasteiger partial charge on any atom is 0.407 e. The summed E-state index contributed by atoms with van der Waals surface area (Å²) < 4.78 is 154. The van der Waals surface area contributed by atoms with Crippen LogP contribution in [0.25, 0.3) is 5.57 Å². The van der Waals surface area contributed by atoms with Crippen molar-refractivity contribution in [2.24, 2.45) is 0 Å². The van der Waals surface area contributed by atoms with Gasteiger partial charge in [-0.25, -0.2) is 4.79 Å². The standard InChI is InChI=1S/C60H82N4O17S4/c1-58(2,3)81-57(66)62-32-36-80-38-37-79-35-31-61-55(65)18-9-8-15-43-19-21-46(22-20-43)56-44(23-29-53-59(4,5)49-41-47(84(73,74)75)25-27-51(49)63(53)33-10-12-39-82(67,68)69)16-14-17-45(56)24-30-54-60(6,7)50-42-48(85(76,77)78)26-28-52(50)64(54)34-11-13-40-83(70,71)72/h19-30,41-42H,8-18,31-40H2,1-7H3,(H5-,61,62,65,66,67,68,69,70,71,72,73,74,75,76,77,78)/p+1. The van der Waals surface area contributed by atoms with Gasteiger partial charge in [0.2, 0.25) is 11.6 Å². The van der Waals surface area contributed by atoms with Crippen LogP contribution in [0, 0.1) is 0 Å². The highest BCUT2D eigenvalue weighted by atomic mass is 32.2. The smallest absolute Gasteiger partial charge is 0.407 e. The number of nitrogens with one attached hydrogen (secondary N) is 2. The first-order valence-electron chi connectivity index (χ1n) is 28.5. The van der Waals surface area contributed by atoms with Gasteiger partial charge in [0.15, 0.2) is 5.71 Å². The number of anilines is 1. The number of carbonyl (C=O) groups is 2. The van der Waals surface area contributed by atoms with Gasteiger partial charge >= 0.3 is 6.09 Å². The summed E-state index contributed by atoms with van der Waals surface area (Å²) in [6.45, 7) is 15.7. The average molecular weight is 1260 g/mol. The Morgan fingerprint density at radius 1 is 0.671 bits per heavy atom. The molecule has 0 fully saturated rings. The van der Waals surface area contributed by atoms with Crippen molar-refractivity contribution in [3.63, 3.8) is 0 Å². The number of alkyl carbamates (subject to hydrolysis) is 1. The fourth-order valence-electron chi connectivity index (χ4n) is 10.9. The van der Waals surface area contributed by atoms with Gasteiger partial charge in [0.05, 0.1) is 53.1 Å². The van der Waals surface area contributed by atoms with Crippen molar-refractivity contribution in [2.45, 2.75) is 145 Å². The molecule has 0 aromatic heterocycles. The quantitative estimate of drug-likeness (QED) is 0.0206. The molecule has 0 saturated carbocycles. The van der Waals surface area contributed by atoms with Crippen LogP contribution in [0.2, 0.25) is 0 Å². The zero-order valence-electron chi connectivity index (χ0n) is 49.6. The van der Waals surface area contributed by atoms with Crippen molar-refractivity contribution in [1.82, 2.24) is 10.6 Å². The van der Waals surface area contributed by atoms with Crippen LogP contribution in [0.5, 0.6) is 0 Å². The van der Waals surface area contributed by atoms with Gasteiger partial charge in [-0.05, 0) is 162 Å². The SMILES string of the molecule is CC(C)(C)OC(=O)NCCOCCOCCNC(=O)CCCCc1ccc(C2=C(/C=C/C3=[N+](CCCCS(=O)(=O)O)c4ccc(S(=O)(=O)O)cc4C3(C)C)CCC/C2=C\C=C2\N(CCCCS(=O)(=O)O)c3ccc(S(=O)(=O)O)cc3C2(C)C)cc1. The van der Waals surface area contributed by atoms with Crippen molar-refractivity contribution in [2.75, 3.05) is 69.0 Å². The Hall–Kier alpha value is -5.61. The van der Waals surface area contributed by atoms with E-state index in [4.69, 9.17) is 14.2 Å². The Labute approximate surface area is 501 Å². The molecule has 3 aromatic carbocycles. The number of hydrogen-bond acceptors (Lipinski definition) is 14. The van der Waals surface area contributed by atoms with E-state index in [1.54, 1.807) is 32.9 Å². The topological polar surface area (TPSA) is 310 Å². The number of benzene rings is 3. The maximum atomic E-state index is 12.7. The van der Waals surface area contributed by atoms with Crippen LogP contribution in [-0.4, -0.2) is 144 Å². The van der Waals surface area contributed by atoms with Crippen LogP contribution in [-0.2, 0) is 76.7 Å². The van der Waals surface area contributed by atoms with E-state index in [0.29, 0.717) is 120 Å². The molecule has 2 amide bonds.